The van der Waals surface area contributed by atoms with Crippen LogP contribution in [0, 0.1) is 0 Å². The molecule has 0 unspecified atom stereocenters. The Morgan fingerprint density at radius 3 is 1.82 bits per heavy atom. The van der Waals surface area contributed by atoms with Crippen LogP contribution in [0.4, 0.5) is 0 Å². The number of carbonyl (C=O) groups excluding carboxylic acids is 1. The first-order chi connectivity index (χ1) is 10.8. The molecule has 0 radical (unpaired) electrons. The highest BCUT2D eigenvalue weighted by Gasteiger charge is 2.23. The average molecular weight is 291 g/mol. The first-order valence-corrected chi connectivity index (χ1v) is 7.88. The molecule has 0 bridgehead atoms. The fourth-order valence-electron chi connectivity index (χ4n) is 3.13. The molecule has 0 amide bonds. The summed E-state index contributed by atoms with van der Waals surface area (Å²) in [5.74, 6) is 0.122. The number of allylic oxidation sites excluding steroid dienone is 1. The maximum atomic E-state index is 12.4. The summed E-state index contributed by atoms with van der Waals surface area (Å²) in [5.41, 5.74) is 4.03. The van der Waals surface area contributed by atoms with Crippen molar-refractivity contribution in [3.8, 4) is 0 Å². The van der Waals surface area contributed by atoms with Crippen LogP contribution in [0.3, 0.4) is 0 Å². The van der Waals surface area contributed by atoms with Gasteiger partial charge in [0.15, 0.2) is 5.78 Å². The lowest BCUT2D eigenvalue weighted by Crippen LogP contribution is -2.20. The summed E-state index contributed by atoms with van der Waals surface area (Å²) >= 11 is 0. The van der Waals surface area contributed by atoms with Crippen LogP contribution in [0.5, 0.6) is 0 Å². The number of ketones is 1. The normalized spacial score (nSPS) is 15.6. The highest BCUT2D eigenvalue weighted by molar-refractivity contribution is 6.26. The summed E-state index contributed by atoms with van der Waals surface area (Å²) < 4.78 is 0. The molecule has 1 saturated heterocycles. The minimum atomic E-state index is 0.122. The standard InChI is InChI=1S/C20H21NO/c1-16(22)19(17-10-4-2-5-11-17)20(21-14-8-9-15-21)18-12-6-3-7-13-18/h2-7,10-13H,8-9,14-15H2,1H3. The molecule has 2 nitrogen and oxygen atoms in total. The number of rotatable bonds is 4. The molecule has 2 heteroatoms. The fourth-order valence-corrected chi connectivity index (χ4v) is 3.13. The fraction of sp³-hybridized carbons (Fsp3) is 0.250. The minimum Gasteiger partial charge on any atom is -0.370 e. The third-order valence-corrected chi connectivity index (χ3v) is 4.12. The molecule has 0 spiro atoms. The van der Waals surface area contributed by atoms with Crippen molar-refractivity contribution in [3.63, 3.8) is 0 Å². The van der Waals surface area contributed by atoms with Crippen molar-refractivity contribution in [1.82, 2.24) is 4.90 Å². The van der Waals surface area contributed by atoms with Gasteiger partial charge in [0.05, 0.1) is 5.70 Å². The number of likely N-dealkylation sites (tertiary alicyclic amines) is 1. The van der Waals surface area contributed by atoms with Crippen LogP contribution in [-0.4, -0.2) is 23.8 Å². The highest BCUT2D eigenvalue weighted by Crippen LogP contribution is 2.32. The van der Waals surface area contributed by atoms with Crippen LogP contribution in [0.15, 0.2) is 60.7 Å². The third-order valence-electron chi connectivity index (χ3n) is 4.12. The van der Waals surface area contributed by atoms with Crippen molar-refractivity contribution in [2.24, 2.45) is 0 Å². The van der Waals surface area contributed by atoms with Gasteiger partial charge in [0.25, 0.3) is 0 Å². The number of carbonyl (C=O) groups is 1. The molecule has 2 aromatic carbocycles. The zero-order valence-electron chi connectivity index (χ0n) is 13.0. The van der Waals surface area contributed by atoms with Crippen molar-refractivity contribution in [2.45, 2.75) is 19.8 Å². The van der Waals surface area contributed by atoms with Crippen molar-refractivity contribution in [2.75, 3.05) is 13.1 Å². The monoisotopic (exact) mass is 291 g/mol. The van der Waals surface area contributed by atoms with Crippen LogP contribution in [0.2, 0.25) is 0 Å². The lowest BCUT2D eigenvalue weighted by atomic mass is 9.96. The Bertz CT molecular complexity index is 667. The van der Waals surface area contributed by atoms with Gasteiger partial charge < -0.3 is 4.90 Å². The number of hydrogen-bond acceptors (Lipinski definition) is 2. The van der Waals surface area contributed by atoms with Gasteiger partial charge in [-0.2, -0.15) is 0 Å². The summed E-state index contributed by atoms with van der Waals surface area (Å²) in [6.07, 6.45) is 2.38. The Hall–Kier alpha value is -2.35. The van der Waals surface area contributed by atoms with Crippen LogP contribution < -0.4 is 0 Å². The molecule has 1 aliphatic rings. The molecule has 0 aromatic heterocycles. The van der Waals surface area contributed by atoms with E-state index in [1.165, 1.54) is 12.8 Å². The summed E-state index contributed by atoms with van der Waals surface area (Å²) in [7, 11) is 0. The van der Waals surface area contributed by atoms with Crippen molar-refractivity contribution >= 4 is 17.1 Å². The Morgan fingerprint density at radius 1 is 0.818 bits per heavy atom. The zero-order valence-corrected chi connectivity index (χ0v) is 13.0. The molecule has 0 atom stereocenters. The lowest BCUT2D eigenvalue weighted by molar-refractivity contribution is -0.111. The van der Waals surface area contributed by atoms with E-state index in [4.69, 9.17) is 0 Å². The molecule has 0 aliphatic carbocycles. The largest absolute Gasteiger partial charge is 0.370 e. The van der Waals surface area contributed by atoms with E-state index in [9.17, 15) is 4.79 Å². The minimum absolute atomic E-state index is 0.122. The van der Waals surface area contributed by atoms with Crippen LogP contribution >= 0.6 is 0 Å². The van der Waals surface area contributed by atoms with E-state index < -0.39 is 0 Å². The molecule has 22 heavy (non-hydrogen) atoms. The van der Waals surface area contributed by atoms with E-state index >= 15 is 0 Å². The highest BCUT2D eigenvalue weighted by atomic mass is 16.1. The molecule has 0 N–H and O–H groups in total. The van der Waals surface area contributed by atoms with Gasteiger partial charge in [0, 0.05) is 18.7 Å². The zero-order chi connectivity index (χ0) is 15.4. The molecular weight excluding hydrogens is 270 g/mol. The van der Waals surface area contributed by atoms with Gasteiger partial charge in [-0.25, -0.2) is 0 Å². The first-order valence-electron chi connectivity index (χ1n) is 7.88. The van der Waals surface area contributed by atoms with E-state index in [2.05, 4.69) is 17.0 Å². The van der Waals surface area contributed by atoms with Crippen molar-refractivity contribution in [1.29, 1.82) is 0 Å². The van der Waals surface area contributed by atoms with Crippen molar-refractivity contribution < 1.29 is 4.79 Å². The second kappa shape index (κ2) is 6.61. The molecule has 1 fully saturated rings. The number of benzene rings is 2. The second-order valence-corrected chi connectivity index (χ2v) is 5.71. The Morgan fingerprint density at radius 2 is 1.32 bits per heavy atom. The molecule has 2 aromatic rings. The predicted molar refractivity (Wildman–Crippen MR) is 91.2 cm³/mol. The smallest absolute Gasteiger partial charge is 0.162 e. The maximum Gasteiger partial charge on any atom is 0.162 e. The number of hydrogen-bond donors (Lipinski definition) is 0. The van der Waals surface area contributed by atoms with E-state index in [0.717, 1.165) is 35.5 Å². The molecular formula is C20H21NO. The molecule has 1 heterocycles. The lowest BCUT2D eigenvalue weighted by Gasteiger charge is -2.25. The first kappa shape index (κ1) is 14.6. The van der Waals surface area contributed by atoms with E-state index in [-0.39, 0.29) is 5.78 Å². The van der Waals surface area contributed by atoms with E-state index in [1.54, 1.807) is 6.92 Å². The molecule has 0 saturated carbocycles. The van der Waals surface area contributed by atoms with Crippen LogP contribution in [0.25, 0.3) is 11.3 Å². The Balaban J connectivity index is 2.22. The van der Waals surface area contributed by atoms with Gasteiger partial charge in [-0.3, -0.25) is 4.79 Å². The van der Waals surface area contributed by atoms with Gasteiger partial charge >= 0.3 is 0 Å². The summed E-state index contributed by atoms with van der Waals surface area (Å²) in [5, 5.41) is 0. The number of Topliss-reactive ketones (excluding diaryl/α,β-unsaturated/α-hetero) is 1. The summed E-state index contributed by atoms with van der Waals surface area (Å²) in [6, 6.07) is 20.3. The molecule has 3 rings (SSSR count). The summed E-state index contributed by atoms with van der Waals surface area (Å²) in [4.78, 5) is 14.8. The van der Waals surface area contributed by atoms with Crippen molar-refractivity contribution in [3.05, 3.63) is 71.8 Å². The van der Waals surface area contributed by atoms with E-state index in [1.807, 2.05) is 48.5 Å². The topological polar surface area (TPSA) is 20.3 Å². The van der Waals surface area contributed by atoms with Gasteiger partial charge in [0.2, 0.25) is 0 Å². The van der Waals surface area contributed by atoms with Gasteiger partial charge in [-0.05, 0) is 30.9 Å². The molecule has 112 valence electrons. The maximum absolute atomic E-state index is 12.4. The number of nitrogens with zero attached hydrogens (tertiary/aromatic N) is 1. The van der Waals surface area contributed by atoms with Gasteiger partial charge in [-0.1, -0.05) is 60.7 Å². The van der Waals surface area contributed by atoms with E-state index in [0.29, 0.717) is 0 Å². The Labute approximate surface area is 132 Å². The third kappa shape index (κ3) is 2.96. The second-order valence-electron chi connectivity index (χ2n) is 5.71. The quantitative estimate of drug-likeness (QED) is 0.620. The van der Waals surface area contributed by atoms with Crippen LogP contribution in [-0.2, 0) is 4.79 Å². The SMILES string of the molecule is CC(=O)C(=C(c1ccccc1)N1CCCC1)c1ccccc1. The van der Waals surface area contributed by atoms with Gasteiger partial charge in [0.1, 0.15) is 0 Å². The van der Waals surface area contributed by atoms with Gasteiger partial charge in [-0.15, -0.1) is 0 Å². The average Bonchev–Trinajstić information content (AvgIpc) is 3.07. The Kier molecular flexibility index (Phi) is 4.38. The van der Waals surface area contributed by atoms with Crippen LogP contribution in [0.1, 0.15) is 30.9 Å². The molecule has 1 aliphatic heterocycles. The predicted octanol–water partition coefficient (Wildman–Crippen LogP) is 4.24. The summed E-state index contributed by atoms with van der Waals surface area (Å²) in [6.45, 7) is 3.71.